The van der Waals surface area contributed by atoms with Crippen LogP contribution in [-0.4, -0.2) is 22.5 Å². The van der Waals surface area contributed by atoms with E-state index in [1.165, 1.54) is 12.4 Å². The van der Waals surface area contributed by atoms with E-state index in [2.05, 4.69) is 16.9 Å². The Balaban J connectivity index is 2.44. The molecule has 0 aliphatic carbocycles. The number of unbranched alkanes of at least 4 members (excludes halogenated alkanes) is 2. The Labute approximate surface area is 88.7 Å². The van der Waals surface area contributed by atoms with Crippen LogP contribution in [0.3, 0.4) is 0 Å². The highest BCUT2D eigenvalue weighted by atomic mass is 16.5. The lowest BCUT2D eigenvalue weighted by Gasteiger charge is -2.04. The number of ether oxygens (including phenoxy) is 1. The highest BCUT2D eigenvalue weighted by Gasteiger charge is 2.12. The predicted molar refractivity (Wildman–Crippen MR) is 56.3 cm³/mol. The van der Waals surface area contributed by atoms with Crippen molar-refractivity contribution in [3.05, 3.63) is 18.1 Å². The SMILES string of the molecule is CCCCCOC(=O)c1nccnc1N. The molecular formula is C10H15N3O2. The maximum absolute atomic E-state index is 11.4. The second kappa shape index (κ2) is 5.95. The lowest BCUT2D eigenvalue weighted by Crippen LogP contribution is -2.12. The summed E-state index contributed by atoms with van der Waals surface area (Å²) in [5.74, 6) is -0.394. The number of esters is 1. The van der Waals surface area contributed by atoms with Crippen molar-refractivity contribution < 1.29 is 9.53 Å². The minimum atomic E-state index is -0.503. The average molecular weight is 209 g/mol. The van der Waals surface area contributed by atoms with Crippen molar-refractivity contribution in [3.63, 3.8) is 0 Å². The molecule has 15 heavy (non-hydrogen) atoms. The summed E-state index contributed by atoms with van der Waals surface area (Å²) in [6.45, 7) is 2.49. The Morgan fingerprint density at radius 2 is 2.13 bits per heavy atom. The summed E-state index contributed by atoms with van der Waals surface area (Å²) in [6, 6.07) is 0. The first-order valence-electron chi connectivity index (χ1n) is 4.99. The zero-order valence-corrected chi connectivity index (χ0v) is 8.77. The minimum absolute atomic E-state index is 0.0917. The molecule has 0 bridgehead atoms. The van der Waals surface area contributed by atoms with Crippen LogP contribution in [0.25, 0.3) is 0 Å². The Kier molecular flexibility index (Phi) is 4.53. The van der Waals surface area contributed by atoms with Crippen LogP contribution >= 0.6 is 0 Å². The predicted octanol–water partition coefficient (Wildman–Crippen LogP) is 1.41. The molecule has 5 nitrogen and oxygen atoms in total. The van der Waals surface area contributed by atoms with Crippen LogP contribution in [0.1, 0.15) is 36.7 Å². The largest absolute Gasteiger partial charge is 0.461 e. The molecule has 0 saturated heterocycles. The van der Waals surface area contributed by atoms with Crippen LogP contribution in [0.15, 0.2) is 12.4 Å². The van der Waals surface area contributed by atoms with Gasteiger partial charge < -0.3 is 10.5 Å². The number of hydrogen-bond donors (Lipinski definition) is 1. The van der Waals surface area contributed by atoms with Crippen LogP contribution in [0.4, 0.5) is 5.82 Å². The summed E-state index contributed by atoms with van der Waals surface area (Å²) in [7, 11) is 0. The molecule has 0 saturated carbocycles. The molecular weight excluding hydrogens is 194 g/mol. The third kappa shape index (κ3) is 3.53. The van der Waals surface area contributed by atoms with Gasteiger partial charge in [0.25, 0.3) is 0 Å². The molecule has 0 spiro atoms. The number of nitrogen functional groups attached to an aromatic ring is 1. The fraction of sp³-hybridized carbons (Fsp3) is 0.500. The molecule has 1 aromatic rings. The van der Waals surface area contributed by atoms with E-state index in [9.17, 15) is 4.79 Å². The monoisotopic (exact) mass is 209 g/mol. The summed E-state index contributed by atoms with van der Waals surface area (Å²) in [6.07, 6.45) is 5.85. The number of hydrogen-bond acceptors (Lipinski definition) is 5. The fourth-order valence-electron chi connectivity index (χ4n) is 1.09. The molecule has 0 aromatic carbocycles. The Morgan fingerprint density at radius 3 is 2.80 bits per heavy atom. The topological polar surface area (TPSA) is 78.1 Å². The van der Waals surface area contributed by atoms with Crippen LogP contribution in [0.5, 0.6) is 0 Å². The van der Waals surface area contributed by atoms with Crippen LogP contribution < -0.4 is 5.73 Å². The summed E-state index contributed by atoms with van der Waals surface area (Å²) in [4.78, 5) is 19.0. The number of nitrogens with two attached hydrogens (primary N) is 1. The second-order valence-corrected chi connectivity index (χ2v) is 3.13. The second-order valence-electron chi connectivity index (χ2n) is 3.13. The van der Waals surface area contributed by atoms with Gasteiger partial charge in [0.05, 0.1) is 6.61 Å². The maximum atomic E-state index is 11.4. The fourth-order valence-corrected chi connectivity index (χ4v) is 1.09. The van der Waals surface area contributed by atoms with E-state index < -0.39 is 5.97 Å². The van der Waals surface area contributed by atoms with Gasteiger partial charge in [-0.3, -0.25) is 0 Å². The van der Waals surface area contributed by atoms with Gasteiger partial charge in [-0.1, -0.05) is 19.8 Å². The molecule has 0 aliphatic heterocycles. The van der Waals surface area contributed by atoms with E-state index in [1.54, 1.807) is 0 Å². The standard InChI is InChI=1S/C10H15N3O2/c1-2-3-4-7-15-10(14)8-9(11)13-6-5-12-8/h5-6H,2-4,7H2,1H3,(H2,11,13). The smallest absolute Gasteiger partial charge is 0.360 e. The number of carbonyl (C=O) groups excluding carboxylic acids is 1. The van der Waals surface area contributed by atoms with Crippen molar-refractivity contribution in [1.82, 2.24) is 9.97 Å². The maximum Gasteiger partial charge on any atom is 0.360 e. The van der Waals surface area contributed by atoms with Crippen molar-refractivity contribution >= 4 is 11.8 Å². The van der Waals surface area contributed by atoms with Crippen molar-refractivity contribution in [2.24, 2.45) is 0 Å². The van der Waals surface area contributed by atoms with E-state index in [4.69, 9.17) is 10.5 Å². The Hall–Kier alpha value is -1.65. The molecule has 5 heteroatoms. The quantitative estimate of drug-likeness (QED) is 0.586. The van der Waals surface area contributed by atoms with E-state index in [0.29, 0.717) is 6.61 Å². The number of aromatic nitrogens is 2. The summed E-state index contributed by atoms with van der Waals surface area (Å²) >= 11 is 0. The molecule has 0 atom stereocenters. The first-order chi connectivity index (χ1) is 7.25. The molecule has 1 heterocycles. The van der Waals surface area contributed by atoms with Gasteiger partial charge in [0.1, 0.15) is 0 Å². The van der Waals surface area contributed by atoms with E-state index >= 15 is 0 Å². The normalized spacial score (nSPS) is 9.93. The first-order valence-corrected chi connectivity index (χ1v) is 4.99. The van der Waals surface area contributed by atoms with Crippen molar-refractivity contribution in [2.45, 2.75) is 26.2 Å². The van der Waals surface area contributed by atoms with Gasteiger partial charge in [-0.2, -0.15) is 0 Å². The lowest BCUT2D eigenvalue weighted by molar-refractivity contribution is 0.0492. The first kappa shape index (κ1) is 11.4. The minimum Gasteiger partial charge on any atom is -0.461 e. The zero-order chi connectivity index (χ0) is 11.1. The molecule has 82 valence electrons. The molecule has 2 N–H and O–H groups in total. The van der Waals surface area contributed by atoms with Gasteiger partial charge in [-0.25, -0.2) is 14.8 Å². The molecule has 1 aromatic heterocycles. The summed E-state index contributed by atoms with van der Waals surface area (Å²) in [5, 5.41) is 0. The van der Waals surface area contributed by atoms with Gasteiger partial charge in [0, 0.05) is 12.4 Å². The number of rotatable bonds is 5. The van der Waals surface area contributed by atoms with Crippen LogP contribution in [-0.2, 0) is 4.74 Å². The molecule has 0 amide bonds. The van der Waals surface area contributed by atoms with Crippen molar-refractivity contribution in [1.29, 1.82) is 0 Å². The zero-order valence-electron chi connectivity index (χ0n) is 8.77. The molecule has 0 unspecified atom stereocenters. The Bertz CT molecular complexity index is 328. The Morgan fingerprint density at radius 1 is 1.40 bits per heavy atom. The highest BCUT2D eigenvalue weighted by Crippen LogP contribution is 2.05. The van der Waals surface area contributed by atoms with Crippen molar-refractivity contribution in [2.75, 3.05) is 12.3 Å². The molecule has 0 aliphatic rings. The van der Waals surface area contributed by atoms with Gasteiger partial charge in [-0.15, -0.1) is 0 Å². The summed E-state index contributed by atoms with van der Waals surface area (Å²) < 4.78 is 4.99. The number of nitrogens with zero attached hydrogens (tertiary/aromatic N) is 2. The number of carbonyl (C=O) groups is 1. The highest BCUT2D eigenvalue weighted by molar-refractivity contribution is 5.91. The van der Waals surface area contributed by atoms with Crippen molar-refractivity contribution in [3.8, 4) is 0 Å². The van der Waals surface area contributed by atoms with E-state index in [-0.39, 0.29) is 11.5 Å². The third-order valence-corrected chi connectivity index (χ3v) is 1.90. The van der Waals surface area contributed by atoms with Crippen LogP contribution in [0, 0.1) is 0 Å². The van der Waals surface area contributed by atoms with Gasteiger partial charge in [0.2, 0.25) is 0 Å². The average Bonchev–Trinajstić information content (AvgIpc) is 2.25. The molecule has 0 radical (unpaired) electrons. The van der Waals surface area contributed by atoms with Gasteiger partial charge in [-0.05, 0) is 6.42 Å². The number of anilines is 1. The van der Waals surface area contributed by atoms with Crippen LogP contribution in [0.2, 0.25) is 0 Å². The van der Waals surface area contributed by atoms with E-state index in [1.807, 2.05) is 0 Å². The third-order valence-electron chi connectivity index (χ3n) is 1.90. The van der Waals surface area contributed by atoms with Gasteiger partial charge >= 0.3 is 5.97 Å². The lowest BCUT2D eigenvalue weighted by atomic mass is 10.3. The molecule has 0 fully saturated rings. The molecule has 1 rings (SSSR count). The van der Waals surface area contributed by atoms with Gasteiger partial charge in [0.15, 0.2) is 11.5 Å². The van der Waals surface area contributed by atoms with E-state index in [0.717, 1.165) is 19.3 Å². The summed E-state index contributed by atoms with van der Waals surface area (Å²) in [5.41, 5.74) is 5.57.